The smallest absolute Gasteiger partial charge is 0.221 e. The van der Waals surface area contributed by atoms with Crippen LogP contribution in [0, 0.1) is 0 Å². The topological polar surface area (TPSA) is 33.5 Å². The SMILES string of the molecule is O=C(CCSc1ccc(Cl)cc1)NCc1ccccc1C[NH+]1CCCC1. The summed E-state index contributed by atoms with van der Waals surface area (Å²) in [7, 11) is 0. The fourth-order valence-corrected chi connectivity index (χ4v) is 4.28. The Morgan fingerprint density at radius 1 is 1.04 bits per heavy atom. The number of quaternary nitrogens is 1. The molecule has 1 fully saturated rings. The van der Waals surface area contributed by atoms with Gasteiger partial charge in [-0.3, -0.25) is 4.79 Å². The van der Waals surface area contributed by atoms with Gasteiger partial charge in [0.1, 0.15) is 6.54 Å². The number of carbonyl (C=O) groups excluding carboxylic acids is 1. The van der Waals surface area contributed by atoms with Gasteiger partial charge in [0, 0.05) is 47.0 Å². The van der Waals surface area contributed by atoms with E-state index >= 15 is 0 Å². The van der Waals surface area contributed by atoms with Crippen LogP contribution in [-0.2, 0) is 17.9 Å². The monoisotopic (exact) mass is 389 g/mol. The Labute approximate surface area is 165 Å². The minimum absolute atomic E-state index is 0.106. The van der Waals surface area contributed by atoms with E-state index < -0.39 is 0 Å². The third kappa shape index (κ3) is 6.04. The van der Waals surface area contributed by atoms with Crippen LogP contribution >= 0.6 is 23.4 Å². The third-order valence-corrected chi connectivity index (χ3v) is 6.02. The van der Waals surface area contributed by atoms with E-state index in [1.54, 1.807) is 16.7 Å². The number of hydrogen-bond acceptors (Lipinski definition) is 2. The van der Waals surface area contributed by atoms with Crippen molar-refractivity contribution in [1.82, 2.24) is 5.32 Å². The molecule has 3 nitrogen and oxygen atoms in total. The molecule has 26 heavy (non-hydrogen) atoms. The van der Waals surface area contributed by atoms with Gasteiger partial charge in [-0.2, -0.15) is 0 Å². The summed E-state index contributed by atoms with van der Waals surface area (Å²) in [6, 6.07) is 16.2. The second-order valence-electron chi connectivity index (χ2n) is 6.73. The van der Waals surface area contributed by atoms with E-state index in [0.717, 1.165) is 22.2 Å². The number of hydrogen-bond donors (Lipinski definition) is 2. The molecule has 5 heteroatoms. The van der Waals surface area contributed by atoms with Crippen LogP contribution in [0.25, 0.3) is 0 Å². The molecule has 0 bridgehead atoms. The fraction of sp³-hybridized carbons (Fsp3) is 0.381. The Kier molecular flexibility index (Phi) is 7.42. The number of likely N-dealkylation sites (tertiary alicyclic amines) is 1. The van der Waals surface area contributed by atoms with Crippen LogP contribution in [-0.4, -0.2) is 24.7 Å². The first-order valence-electron chi connectivity index (χ1n) is 9.26. The summed E-state index contributed by atoms with van der Waals surface area (Å²) in [6.07, 6.45) is 3.19. The summed E-state index contributed by atoms with van der Waals surface area (Å²) < 4.78 is 0. The van der Waals surface area contributed by atoms with Gasteiger partial charge in [-0.05, 0) is 29.8 Å². The normalized spacial score (nSPS) is 14.5. The molecule has 0 aliphatic carbocycles. The van der Waals surface area contributed by atoms with E-state index in [0.29, 0.717) is 13.0 Å². The summed E-state index contributed by atoms with van der Waals surface area (Å²) in [5.74, 6) is 0.877. The molecule has 2 aromatic rings. The first-order valence-corrected chi connectivity index (χ1v) is 10.6. The molecule has 1 aliphatic rings. The van der Waals surface area contributed by atoms with Crippen molar-refractivity contribution in [3.8, 4) is 0 Å². The molecule has 0 unspecified atom stereocenters. The number of carbonyl (C=O) groups is 1. The van der Waals surface area contributed by atoms with Crippen LogP contribution in [0.3, 0.4) is 0 Å². The van der Waals surface area contributed by atoms with Crippen LogP contribution in [0.5, 0.6) is 0 Å². The van der Waals surface area contributed by atoms with Gasteiger partial charge >= 0.3 is 0 Å². The van der Waals surface area contributed by atoms with Crippen molar-refractivity contribution in [2.24, 2.45) is 0 Å². The zero-order valence-corrected chi connectivity index (χ0v) is 16.5. The van der Waals surface area contributed by atoms with E-state index in [4.69, 9.17) is 11.6 Å². The van der Waals surface area contributed by atoms with Gasteiger partial charge in [0.25, 0.3) is 0 Å². The molecule has 0 spiro atoms. The largest absolute Gasteiger partial charge is 0.352 e. The number of nitrogens with one attached hydrogen (secondary N) is 2. The van der Waals surface area contributed by atoms with Gasteiger partial charge in [0.05, 0.1) is 13.1 Å². The maximum atomic E-state index is 12.2. The minimum Gasteiger partial charge on any atom is -0.352 e. The number of halogens is 1. The summed E-state index contributed by atoms with van der Waals surface area (Å²) in [5.41, 5.74) is 2.60. The Morgan fingerprint density at radius 2 is 1.73 bits per heavy atom. The van der Waals surface area contributed by atoms with E-state index in [9.17, 15) is 4.79 Å². The first kappa shape index (κ1) is 19.3. The van der Waals surface area contributed by atoms with Gasteiger partial charge in [-0.1, -0.05) is 35.9 Å². The molecule has 0 saturated carbocycles. The first-order chi connectivity index (χ1) is 12.7. The van der Waals surface area contributed by atoms with E-state index in [2.05, 4.69) is 29.6 Å². The number of amides is 1. The van der Waals surface area contributed by atoms with Crippen LogP contribution in [0.2, 0.25) is 5.02 Å². The van der Waals surface area contributed by atoms with Gasteiger partial charge in [-0.25, -0.2) is 0 Å². The zero-order valence-electron chi connectivity index (χ0n) is 15.0. The summed E-state index contributed by atoms with van der Waals surface area (Å²) in [4.78, 5) is 15.0. The van der Waals surface area contributed by atoms with E-state index in [1.807, 2.05) is 24.3 Å². The van der Waals surface area contributed by atoms with Gasteiger partial charge in [0.15, 0.2) is 0 Å². The lowest BCUT2D eigenvalue weighted by Gasteiger charge is -2.15. The lowest BCUT2D eigenvalue weighted by atomic mass is 10.1. The highest BCUT2D eigenvalue weighted by atomic mass is 35.5. The van der Waals surface area contributed by atoms with Crippen molar-refractivity contribution < 1.29 is 9.69 Å². The predicted octanol–water partition coefficient (Wildman–Crippen LogP) is 3.32. The molecule has 0 aromatic heterocycles. The van der Waals surface area contributed by atoms with Crippen LogP contribution < -0.4 is 10.2 Å². The van der Waals surface area contributed by atoms with E-state index in [-0.39, 0.29) is 5.91 Å². The standard InChI is InChI=1S/C21H25ClN2OS/c22-19-7-9-20(10-8-19)26-14-11-21(25)23-15-17-5-1-2-6-18(17)16-24-12-3-4-13-24/h1-2,5-10H,3-4,11-16H2,(H,23,25)/p+1. The number of thioether (sulfide) groups is 1. The second kappa shape index (κ2) is 10.0. The highest BCUT2D eigenvalue weighted by molar-refractivity contribution is 7.99. The average molecular weight is 390 g/mol. The van der Waals surface area contributed by atoms with Crippen molar-refractivity contribution in [2.75, 3.05) is 18.8 Å². The lowest BCUT2D eigenvalue weighted by molar-refractivity contribution is -0.901. The zero-order chi connectivity index (χ0) is 18.2. The molecule has 1 heterocycles. The van der Waals surface area contributed by atoms with Crippen LogP contribution in [0.4, 0.5) is 0 Å². The van der Waals surface area contributed by atoms with Crippen LogP contribution in [0.15, 0.2) is 53.4 Å². The maximum Gasteiger partial charge on any atom is 0.221 e. The highest BCUT2D eigenvalue weighted by Gasteiger charge is 2.17. The van der Waals surface area contributed by atoms with Crippen LogP contribution in [0.1, 0.15) is 30.4 Å². The Balaban J connectivity index is 1.43. The second-order valence-corrected chi connectivity index (χ2v) is 8.34. The van der Waals surface area contributed by atoms with Crippen molar-refractivity contribution in [3.05, 3.63) is 64.7 Å². The molecule has 2 N–H and O–H groups in total. The molecular formula is C21H26ClN2OS+. The molecule has 138 valence electrons. The minimum atomic E-state index is 0.106. The van der Waals surface area contributed by atoms with Crippen molar-refractivity contribution in [1.29, 1.82) is 0 Å². The third-order valence-electron chi connectivity index (χ3n) is 4.76. The molecular weight excluding hydrogens is 364 g/mol. The molecule has 0 atom stereocenters. The predicted molar refractivity (Wildman–Crippen MR) is 109 cm³/mol. The molecule has 2 aromatic carbocycles. The average Bonchev–Trinajstić information content (AvgIpc) is 3.16. The molecule has 3 rings (SSSR count). The van der Waals surface area contributed by atoms with Gasteiger partial charge in [-0.15, -0.1) is 11.8 Å². The highest BCUT2D eigenvalue weighted by Crippen LogP contribution is 2.20. The molecule has 1 aliphatic heterocycles. The molecule has 1 saturated heterocycles. The van der Waals surface area contributed by atoms with E-state index in [1.165, 1.54) is 37.1 Å². The maximum absolute atomic E-state index is 12.2. The van der Waals surface area contributed by atoms with Gasteiger partial charge < -0.3 is 10.2 Å². The Bertz CT molecular complexity index is 714. The Morgan fingerprint density at radius 3 is 2.46 bits per heavy atom. The summed E-state index contributed by atoms with van der Waals surface area (Å²) in [5, 5.41) is 3.81. The molecule has 1 amide bonds. The molecule has 0 radical (unpaired) electrons. The van der Waals surface area contributed by atoms with Crippen molar-refractivity contribution in [2.45, 2.75) is 37.2 Å². The van der Waals surface area contributed by atoms with Crippen molar-refractivity contribution >= 4 is 29.3 Å². The number of rotatable bonds is 8. The van der Waals surface area contributed by atoms with Gasteiger partial charge in [0.2, 0.25) is 5.91 Å². The Hall–Kier alpha value is -1.49. The summed E-state index contributed by atoms with van der Waals surface area (Å²) >= 11 is 7.57. The number of benzene rings is 2. The lowest BCUT2D eigenvalue weighted by Crippen LogP contribution is -3.08. The summed E-state index contributed by atoms with van der Waals surface area (Å²) in [6.45, 7) is 4.22. The fourth-order valence-electron chi connectivity index (χ4n) is 3.30. The quantitative estimate of drug-likeness (QED) is 0.679. The van der Waals surface area contributed by atoms with Crippen molar-refractivity contribution in [3.63, 3.8) is 0 Å².